The minimum Gasteiger partial charge on any atom is -0.433 e. The van der Waals surface area contributed by atoms with E-state index in [0.29, 0.717) is 0 Å². The lowest BCUT2D eigenvalue weighted by molar-refractivity contribution is -0.190. The Labute approximate surface area is 211 Å². The molecule has 5 heteroatoms. The van der Waals surface area contributed by atoms with E-state index >= 15 is 0 Å². The number of rotatable bonds is 27. The van der Waals surface area contributed by atoms with Crippen molar-refractivity contribution in [2.75, 3.05) is 6.61 Å². The second-order valence-corrected chi connectivity index (χ2v) is 10.2. The van der Waals surface area contributed by atoms with Crippen LogP contribution in [0.4, 0.5) is 0 Å². The van der Waals surface area contributed by atoms with E-state index in [-0.39, 0.29) is 6.42 Å². The molecule has 0 aromatic heterocycles. The Morgan fingerprint density at radius 2 is 0.853 bits per heavy atom. The Kier molecular flexibility index (Phi) is 26.4. The Balaban J connectivity index is 3.16. The van der Waals surface area contributed by atoms with E-state index in [1.807, 2.05) is 0 Å². The predicted octanol–water partition coefficient (Wildman–Crippen LogP) is 7.58. The Hall–Kier alpha value is -0.650. The molecule has 0 heterocycles. The highest BCUT2D eigenvalue weighted by Crippen LogP contribution is 2.15. The molecule has 2 unspecified atom stereocenters. The van der Waals surface area contributed by atoms with Crippen molar-refractivity contribution < 1.29 is 24.9 Å². The molecule has 0 aliphatic heterocycles. The van der Waals surface area contributed by atoms with Gasteiger partial charge in [0.1, 0.15) is 6.10 Å². The van der Waals surface area contributed by atoms with E-state index in [2.05, 4.69) is 11.7 Å². The molecule has 3 N–H and O–H groups in total. The van der Waals surface area contributed by atoms with E-state index in [1.165, 1.54) is 128 Å². The van der Waals surface area contributed by atoms with Crippen LogP contribution >= 0.6 is 0 Å². The van der Waals surface area contributed by atoms with Gasteiger partial charge in [-0.15, -0.1) is 0 Å². The van der Waals surface area contributed by atoms with Crippen LogP contribution in [0, 0.1) is 0 Å². The molecule has 5 nitrogen and oxygen atoms in total. The van der Waals surface area contributed by atoms with Crippen molar-refractivity contribution in [3.8, 4) is 0 Å². The third-order valence-electron chi connectivity index (χ3n) is 6.75. The molecule has 0 spiro atoms. The Bertz CT molecular complexity index is 415. The smallest absolute Gasteiger partial charge is 0.308 e. The van der Waals surface area contributed by atoms with Gasteiger partial charge in [0, 0.05) is 6.42 Å². The van der Waals surface area contributed by atoms with Crippen LogP contribution in [0.15, 0.2) is 0 Å². The molecule has 0 bridgehead atoms. The van der Waals surface area contributed by atoms with Gasteiger partial charge in [0.2, 0.25) is 6.29 Å². The van der Waals surface area contributed by atoms with Crippen molar-refractivity contribution in [1.29, 1.82) is 0 Å². The van der Waals surface area contributed by atoms with Crippen LogP contribution in [-0.2, 0) is 9.53 Å². The first-order chi connectivity index (χ1) is 16.6. The molecule has 34 heavy (non-hydrogen) atoms. The molecular formula is C29H58O5. The summed E-state index contributed by atoms with van der Waals surface area (Å²) in [6.07, 6.45) is 27.9. The number of carbonyl (C=O) groups is 1. The summed E-state index contributed by atoms with van der Waals surface area (Å²) in [4.78, 5) is 11.5. The van der Waals surface area contributed by atoms with E-state index in [1.54, 1.807) is 0 Å². The summed E-state index contributed by atoms with van der Waals surface area (Å²) in [5.74, 6) is -0.525. The van der Waals surface area contributed by atoms with E-state index in [9.17, 15) is 9.90 Å². The molecule has 0 aromatic carbocycles. The first-order valence-corrected chi connectivity index (χ1v) is 14.8. The third-order valence-corrected chi connectivity index (χ3v) is 6.75. The topological polar surface area (TPSA) is 87.0 Å². The molecule has 2 atom stereocenters. The lowest BCUT2D eigenvalue weighted by atomic mass is 10.0. The zero-order valence-electron chi connectivity index (χ0n) is 22.5. The van der Waals surface area contributed by atoms with Gasteiger partial charge in [0.25, 0.3) is 0 Å². The van der Waals surface area contributed by atoms with Gasteiger partial charge in [-0.1, -0.05) is 148 Å². The standard InChI is InChI=1S/C29H58O5/c1-2-3-4-5-6-7-8-9-10-11-12-13-14-15-16-17-18-19-20-21-22-23-24-25-28(32)34-29(33)27(31)26-30/h27,29-31,33H,2-26H2,1H3. The molecule has 0 saturated carbocycles. The number of unbranched alkanes of at least 4 members (excludes halogenated alkanes) is 22. The number of ether oxygens (including phenoxy) is 1. The van der Waals surface area contributed by atoms with Crippen LogP contribution in [0.5, 0.6) is 0 Å². The lowest BCUT2D eigenvalue weighted by Gasteiger charge is -2.15. The first-order valence-electron chi connectivity index (χ1n) is 14.8. The molecular weight excluding hydrogens is 428 g/mol. The van der Waals surface area contributed by atoms with Crippen LogP contribution in [0.25, 0.3) is 0 Å². The summed E-state index contributed by atoms with van der Waals surface area (Å²) in [7, 11) is 0. The van der Waals surface area contributed by atoms with Crippen molar-refractivity contribution in [2.24, 2.45) is 0 Å². The Morgan fingerprint density at radius 3 is 1.15 bits per heavy atom. The lowest BCUT2D eigenvalue weighted by Crippen LogP contribution is -2.33. The van der Waals surface area contributed by atoms with Gasteiger partial charge in [-0.05, 0) is 6.42 Å². The SMILES string of the molecule is CCCCCCCCCCCCCCCCCCCCCCCCCC(=O)OC(O)C(O)CO. The maximum absolute atomic E-state index is 11.5. The second kappa shape index (κ2) is 26.9. The summed E-state index contributed by atoms with van der Waals surface area (Å²) in [6, 6.07) is 0. The zero-order chi connectivity index (χ0) is 25.1. The van der Waals surface area contributed by atoms with Crippen LogP contribution < -0.4 is 0 Å². The van der Waals surface area contributed by atoms with Crippen molar-refractivity contribution in [3.63, 3.8) is 0 Å². The minimum absolute atomic E-state index is 0.244. The largest absolute Gasteiger partial charge is 0.433 e. The van der Waals surface area contributed by atoms with Crippen LogP contribution in [0.2, 0.25) is 0 Å². The molecule has 0 rings (SSSR count). The molecule has 0 aliphatic carbocycles. The van der Waals surface area contributed by atoms with Gasteiger partial charge in [-0.3, -0.25) is 4.79 Å². The van der Waals surface area contributed by atoms with E-state index in [4.69, 9.17) is 10.2 Å². The normalized spacial score (nSPS) is 13.2. The number of aliphatic hydroxyl groups is 3. The number of hydrogen-bond donors (Lipinski definition) is 3. The summed E-state index contributed by atoms with van der Waals surface area (Å²) in [6.45, 7) is 1.65. The fraction of sp³-hybridized carbons (Fsp3) is 0.966. The van der Waals surface area contributed by atoms with Gasteiger partial charge in [0.05, 0.1) is 6.61 Å². The van der Waals surface area contributed by atoms with Crippen molar-refractivity contribution in [1.82, 2.24) is 0 Å². The van der Waals surface area contributed by atoms with Gasteiger partial charge in [-0.2, -0.15) is 0 Å². The molecule has 0 saturated heterocycles. The zero-order valence-corrected chi connectivity index (χ0v) is 22.5. The number of esters is 1. The highest BCUT2D eigenvalue weighted by molar-refractivity contribution is 5.69. The van der Waals surface area contributed by atoms with Gasteiger partial charge in [0.15, 0.2) is 0 Å². The molecule has 0 amide bonds. The average Bonchev–Trinajstić information content (AvgIpc) is 2.83. The highest BCUT2D eigenvalue weighted by Gasteiger charge is 2.19. The molecule has 0 aliphatic rings. The number of hydrogen-bond acceptors (Lipinski definition) is 5. The highest BCUT2D eigenvalue weighted by atomic mass is 16.6. The van der Waals surface area contributed by atoms with Gasteiger partial charge >= 0.3 is 5.97 Å². The average molecular weight is 487 g/mol. The van der Waals surface area contributed by atoms with Crippen LogP contribution in [0.3, 0.4) is 0 Å². The van der Waals surface area contributed by atoms with Gasteiger partial charge in [-0.25, -0.2) is 0 Å². The van der Waals surface area contributed by atoms with E-state index in [0.717, 1.165) is 19.3 Å². The number of aliphatic hydroxyl groups excluding tert-OH is 3. The van der Waals surface area contributed by atoms with Crippen molar-refractivity contribution in [2.45, 2.75) is 173 Å². The first kappa shape index (κ1) is 33.4. The molecule has 0 aromatic rings. The summed E-state index contributed by atoms with van der Waals surface area (Å²) in [5.41, 5.74) is 0. The van der Waals surface area contributed by atoms with Gasteiger partial charge < -0.3 is 20.1 Å². The monoisotopic (exact) mass is 486 g/mol. The summed E-state index contributed by atoms with van der Waals surface area (Å²) in [5, 5.41) is 27.2. The van der Waals surface area contributed by atoms with E-state index < -0.39 is 25.0 Å². The quantitative estimate of drug-likeness (QED) is 0.0632. The third kappa shape index (κ3) is 24.5. The second-order valence-electron chi connectivity index (χ2n) is 10.2. The van der Waals surface area contributed by atoms with Crippen molar-refractivity contribution in [3.05, 3.63) is 0 Å². The predicted molar refractivity (Wildman–Crippen MR) is 142 cm³/mol. The van der Waals surface area contributed by atoms with Crippen LogP contribution in [-0.4, -0.2) is 40.3 Å². The fourth-order valence-corrected chi connectivity index (χ4v) is 4.42. The maximum Gasteiger partial charge on any atom is 0.308 e. The van der Waals surface area contributed by atoms with Crippen LogP contribution in [0.1, 0.15) is 161 Å². The summed E-state index contributed by atoms with van der Waals surface area (Å²) < 4.78 is 4.66. The fourth-order valence-electron chi connectivity index (χ4n) is 4.42. The molecule has 0 radical (unpaired) electrons. The van der Waals surface area contributed by atoms with Crippen molar-refractivity contribution >= 4 is 5.97 Å². The molecule has 204 valence electrons. The number of carbonyl (C=O) groups excluding carboxylic acids is 1. The Morgan fingerprint density at radius 1 is 0.559 bits per heavy atom. The minimum atomic E-state index is -1.64. The summed E-state index contributed by atoms with van der Waals surface area (Å²) >= 11 is 0. The maximum atomic E-state index is 11.5. The molecule has 0 fully saturated rings.